The molecule has 0 saturated heterocycles. The fourth-order valence-corrected chi connectivity index (χ4v) is 2.39. The van der Waals surface area contributed by atoms with E-state index in [9.17, 15) is 9.18 Å². The van der Waals surface area contributed by atoms with Crippen LogP contribution in [0.5, 0.6) is 0 Å². The second-order valence-electron chi connectivity index (χ2n) is 4.12. The van der Waals surface area contributed by atoms with Gasteiger partial charge in [0.1, 0.15) is 11.6 Å². The molecule has 0 radical (unpaired) electrons. The smallest absolute Gasteiger partial charge is 0.259 e. The number of halogens is 3. The van der Waals surface area contributed by atoms with E-state index in [0.29, 0.717) is 14.6 Å². The van der Waals surface area contributed by atoms with Gasteiger partial charge in [-0.05, 0) is 62.5 Å². The Labute approximate surface area is 131 Å². The van der Waals surface area contributed by atoms with Gasteiger partial charge in [0.15, 0.2) is 0 Å². The molecule has 2 aromatic rings. The number of anilines is 2. The number of aromatic nitrogens is 1. The molecule has 0 aliphatic heterocycles. The third kappa shape index (κ3) is 3.16. The number of aryl methyl sites for hydroxylation is 1. The lowest BCUT2D eigenvalue weighted by molar-refractivity contribution is 0.102. The van der Waals surface area contributed by atoms with Gasteiger partial charge < -0.3 is 11.1 Å². The summed E-state index contributed by atoms with van der Waals surface area (Å²) in [6.07, 6.45) is 1.50. The van der Waals surface area contributed by atoms with E-state index in [0.717, 1.165) is 5.56 Å². The van der Waals surface area contributed by atoms with E-state index in [1.807, 2.05) is 0 Å². The number of amides is 1. The summed E-state index contributed by atoms with van der Waals surface area (Å²) in [5.41, 5.74) is 7.00. The van der Waals surface area contributed by atoms with E-state index in [1.165, 1.54) is 12.3 Å². The number of hydrogen-bond acceptors (Lipinski definition) is 3. The molecule has 1 aromatic carbocycles. The van der Waals surface area contributed by atoms with Crippen LogP contribution in [0.2, 0.25) is 0 Å². The number of nitrogens with zero attached hydrogens (tertiary/aromatic N) is 1. The number of rotatable bonds is 2. The molecular formula is C13H10Br2FN3O. The zero-order chi connectivity index (χ0) is 14.9. The maximum atomic E-state index is 13.5. The van der Waals surface area contributed by atoms with E-state index < -0.39 is 11.7 Å². The van der Waals surface area contributed by atoms with Crippen molar-refractivity contribution in [2.24, 2.45) is 0 Å². The second-order valence-corrected chi connectivity index (χ2v) is 5.89. The minimum Gasteiger partial charge on any atom is -0.383 e. The van der Waals surface area contributed by atoms with Crippen LogP contribution in [0, 0.1) is 12.7 Å². The molecule has 104 valence electrons. The molecule has 1 amide bonds. The van der Waals surface area contributed by atoms with Crippen molar-refractivity contribution < 1.29 is 9.18 Å². The van der Waals surface area contributed by atoms with Crippen molar-refractivity contribution in [2.45, 2.75) is 6.92 Å². The van der Waals surface area contributed by atoms with Crippen molar-refractivity contribution in [1.29, 1.82) is 0 Å². The number of nitrogens with two attached hydrogens (primary N) is 1. The predicted octanol–water partition coefficient (Wildman–Crippen LogP) is 3.89. The number of carbonyl (C=O) groups is 1. The van der Waals surface area contributed by atoms with Crippen LogP contribution in [-0.2, 0) is 0 Å². The average Bonchev–Trinajstić information content (AvgIpc) is 2.38. The first-order valence-electron chi connectivity index (χ1n) is 5.56. The topological polar surface area (TPSA) is 68.0 Å². The summed E-state index contributed by atoms with van der Waals surface area (Å²) in [5.74, 6) is -0.784. The number of benzene rings is 1. The van der Waals surface area contributed by atoms with Crippen molar-refractivity contribution >= 4 is 49.3 Å². The van der Waals surface area contributed by atoms with Crippen molar-refractivity contribution in [3.05, 3.63) is 50.3 Å². The normalized spacial score (nSPS) is 10.4. The molecule has 0 unspecified atom stereocenters. The number of nitrogens with one attached hydrogen (secondary N) is 1. The second kappa shape index (κ2) is 5.88. The first-order chi connectivity index (χ1) is 9.38. The molecule has 0 atom stereocenters. The fourth-order valence-electron chi connectivity index (χ4n) is 1.60. The molecule has 0 bridgehead atoms. The molecule has 20 heavy (non-hydrogen) atoms. The molecule has 4 nitrogen and oxygen atoms in total. The molecule has 7 heteroatoms. The quantitative estimate of drug-likeness (QED) is 0.800. The minimum atomic E-state index is -0.453. The molecule has 0 aliphatic carbocycles. The zero-order valence-corrected chi connectivity index (χ0v) is 13.5. The predicted molar refractivity (Wildman–Crippen MR) is 83.1 cm³/mol. The Kier molecular flexibility index (Phi) is 4.39. The SMILES string of the molecule is Cc1cc(Br)c(F)cc1NC(=O)c1cc(Br)cnc1N. The Morgan fingerprint density at radius 3 is 2.75 bits per heavy atom. The molecule has 2 rings (SSSR count). The highest BCUT2D eigenvalue weighted by atomic mass is 79.9. The first-order valence-corrected chi connectivity index (χ1v) is 7.15. The van der Waals surface area contributed by atoms with Gasteiger partial charge in [-0.3, -0.25) is 4.79 Å². The van der Waals surface area contributed by atoms with Crippen LogP contribution >= 0.6 is 31.9 Å². The molecule has 0 fully saturated rings. The number of carbonyl (C=O) groups excluding carboxylic acids is 1. The van der Waals surface area contributed by atoms with Crippen molar-refractivity contribution in [3.63, 3.8) is 0 Å². The summed E-state index contributed by atoms with van der Waals surface area (Å²) in [4.78, 5) is 16.0. The van der Waals surface area contributed by atoms with Gasteiger partial charge in [0.05, 0.1) is 10.0 Å². The monoisotopic (exact) mass is 401 g/mol. The lowest BCUT2D eigenvalue weighted by Gasteiger charge is -2.10. The first kappa shape index (κ1) is 14.9. The summed E-state index contributed by atoms with van der Waals surface area (Å²) < 4.78 is 14.5. The van der Waals surface area contributed by atoms with Crippen LogP contribution in [0.1, 0.15) is 15.9 Å². The van der Waals surface area contributed by atoms with Crippen LogP contribution in [-0.4, -0.2) is 10.9 Å². The molecule has 1 aromatic heterocycles. The van der Waals surface area contributed by atoms with E-state index in [2.05, 4.69) is 42.2 Å². The highest BCUT2D eigenvalue weighted by Gasteiger charge is 2.14. The Morgan fingerprint density at radius 2 is 2.05 bits per heavy atom. The third-order valence-electron chi connectivity index (χ3n) is 2.65. The Bertz CT molecular complexity index is 692. The lowest BCUT2D eigenvalue weighted by atomic mass is 10.1. The summed E-state index contributed by atoms with van der Waals surface area (Å²) in [6.45, 7) is 1.77. The zero-order valence-electron chi connectivity index (χ0n) is 10.4. The van der Waals surface area contributed by atoms with Crippen LogP contribution in [0.15, 0.2) is 33.3 Å². The largest absolute Gasteiger partial charge is 0.383 e. The minimum absolute atomic E-state index is 0.112. The average molecular weight is 403 g/mol. The van der Waals surface area contributed by atoms with Gasteiger partial charge in [-0.15, -0.1) is 0 Å². The highest BCUT2D eigenvalue weighted by molar-refractivity contribution is 9.10. The summed E-state index contributed by atoms with van der Waals surface area (Å²) in [7, 11) is 0. The summed E-state index contributed by atoms with van der Waals surface area (Å²) >= 11 is 6.31. The maximum Gasteiger partial charge on any atom is 0.259 e. The Morgan fingerprint density at radius 1 is 1.35 bits per heavy atom. The van der Waals surface area contributed by atoms with Gasteiger partial charge in [-0.1, -0.05) is 0 Å². The fraction of sp³-hybridized carbons (Fsp3) is 0.0769. The standard InChI is InChI=1S/C13H10Br2FN3O/c1-6-2-9(15)10(16)4-11(6)19-13(20)8-3-7(14)5-18-12(8)17/h2-5H,1H3,(H2,17,18)(H,19,20). The van der Waals surface area contributed by atoms with E-state index in [4.69, 9.17) is 5.73 Å². The number of pyridine rings is 1. The third-order valence-corrected chi connectivity index (χ3v) is 3.69. The van der Waals surface area contributed by atoms with Crippen LogP contribution in [0.3, 0.4) is 0 Å². The van der Waals surface area contributed by atoms with Crippen LogP contribution < -0.4 is 11.1 Å². The lowest BCUT2D eigenvalue weighted by Crippen LogP contribution is -2.15. The van der Waals surface area contributed by atoms with Gasteiger partial charge in [-0.25, -0.2) is 9.37 Å². The van der Waals surface area contributed by atoms with Crippen LogP contribution in [0.25, 0.3) is 0 Å². The summed E-state index contributed by atoms with van der Waals surface area (Å²) in [5, 5.41) is 2.62. The Balaban J connectivity index is 2.32. The van der Waals surface area contributed by atoms with Gasteiger partial charge in [0.25, 0.3) is 5.91 Å². The van der Waals surface area contributed by atoms with Crippen molar-refractivity contribution in [3.8, 4) is 0 Å². The highest BCUT2D eigenvalue weighted by Crippen LogP contribution is 2.25. The van der Waals surface area contributed by atoms with Crippen molar-refractivity contribution in [2.75, 3.05) is 11.1 Å². The Hall–Kier alpha value is -1.47. The molecule has 1 heterocycles. The molecular weight excluding hydrogens is 393 g/mol. The molecule has 0 spiro atoms. The van der Waals surface area contributed by atoms with E-state index in [-0.39, 0.29) is 11.4 Å². The molecule has 0 aliphatic rings. The number of hydrogen-bond donors (Lipinski definition) is 2. The van der Waals surface area contributed by atoms with Crippen molar-refractivity contribution in [1.82, 2.24) is 4.98 Å². The van der Waals surface area contributed by atoms with Gasteiger partial charge in [-0.2, -0.15) is 0 Å². The van der Waals surface area contributed by atoms with Gasteiger partial charge >= 0.3 is 0 Å². The number of nitrogen functional groups attached to an aromatic ring is 1. The van der Waals surface area contributed by atoms with E-state index in [1.54, 1.807) is 19.1 Å². The molecule has 3 N–H and O–H groups in total. The molecule has 0 saturated carbocycles. The van der Waals surface area contributed by atoms with E-state index >= 15 is 0 Å². The van der Waals surface area contributed by atoms with Gasteiger partial charge in [0, 0.05) is 16.4 Å². The maximum absolute atomic E-state index is 13.5. The van der Waals surface area contributed by atoms with Gasteiger partial charge in [0.2, 0.25) is 0 Å². The summed E-state index contributed by atoms with van der Waals surface area (Å²) in [6, 6.07) is 4.40. The van der Waals surface area contributed by atoms with Crippen LogP contribution in [0.4, 0.5) is 15.9 Å².